The van der Waals surface area contributed by atoms with Gasteiger partial charge in [-0.3, -0.25) is 4.98 Å². The minimum absolute atomic E-state index is 0.0774. The molecule has 0 bridgehead atoms. The lowest BCUT2D eigenvalue weighted by Crippen LogP contribution is -2.11. The summed E-state index contributed by atoms with van der Waals surface area (Å²) >= 11 is 14.5. The molecule has 2 rings (SSSR count). The van der Waals surface area contributed by atoms with Gasteiger partial charge in [0, 0.05) is 12.4 Å². The van der Waals surface area contributed by atoms with Crippen LogP contribution in [0, 0.1) is 10.1 Å². The lowest BCUT2D eigenvalue weighted by Gasteiger charge is -2.03. The molecule has 0 radical (unpaired) electrons. The third-order valence-electron chi connectivity index (χ3n) is 2.58. The van der Waals surface area contributed by atoms with E-state index in [1.807, 2.05) is 6.92 Å². The highest BCUT2D eigenvalue weighted by molar-refractivity contribution is 8.01. The van der Waals surface area contributed by atoms with Crippen LogP contribution in [0.15, 0.2) is 21.5 Å². The topological polar surface area (TPSA) is 81.0 Å². The predicted molar refractivity (Wildman–Crippen MR) is 84.6 cm³/mol. The monoisotopic (exact) mass is 364 g/mol. The molecule has 0 amide bonds. The van der Waals surface area contributed by atoms with Crippen LogP contribution in [0.4, 0.5) is 5.82 Å². The zero-order valence-corrected chi connectivity index (χ0v) is 14.1. The van der Waals surface area contributed by atoms with Crippen LogP contribution in [0.1, 0.15) is 18.0 Å². The Morgan fingerprint density at radius 2 is 2.05 bits per heavy atom. The van der Waals surface area contributed by atoms with E-state index in [2.05, 4.69) is 15.3 Å². The molecule has 0 spiro atoms. The molecule has 1 unspecified atom stereocenters. The summed E-state index contributed by atoms with van der Waals surface area (Å²) in [6, 6.07) is -0.0774. The second-order valence-electron chi connectivity index (χ2n) is 3.96. The number of hydrogen-bond donors (Lipinski definition) is 1. The van der Waals surface area contributed by atoms with E-state index in [9.17, 15) is 10.1 Å². The van der Waals surface area contributed by atoms with E-state index >= 15 is 0 Å². The second-order valence-corrected chi connectivity index (χ2v) is 7.09. The van der Waals surface area contributed by atoms with Gasteiger partial charge >= 0.3 is 5.82 Å². The molecule has 0 aliphatic rings. The van der Waals surface area contributed by atoms with E-state index in [-0.39, 0.29) is 11.9 Å². The summed E-state index contributed by atoms with van der Waals surface area (Å²) in [5.74, 6) is -0.189. The Hall–Kier alpha value is -0.930. The molecule has 10 heteroatoms. The minimum Gasteiger partial charge on any atom is -0.358 e. The molecule has 112 valence electrons. The molecule has 6 nitrogen and oxygen atoms in total. The van der Waals surface area contributed by atoms with Crippen molar-refractivity contribution in [2.45, 2.75) is 22.1 Å². The first kappa shape index (κ1) is 16.4. The van der Waals surface area contributed by atoms with Crippen LogP contribution in [-0.2, 0) is 0 Å². The first-order valence-corrected chi connectivity index (χ1v) is 8.12. The Kier molecular flexibility index (Phi) is 5.39. The minimum atomic E-state index is -0.506. The number of nitrogens with one attached hydrogen (secondary N) is 1. The van der Waals surface area contributed by atoms with Crippen molar-refractivity contribution in [2.24, 2.45) is 0 Å². The van der Waals surface area contributed by atoms with Crippen LogP contribution < -0.4 is 5.32 Å². The van der Waals surface area contributed by atoms with Crippen molar-refractivity contribution in [3.63, 3.8) is 0 Å². The highest BCUT2D eigenvalue weighted by Gasteiger charge is 2.27. The van der Waals surface area contributed by atoms with E-state index in [0.717, 1.165) is 11.8 Å². The van der Waals surface area contributed by atoms with Crippen molar-refractivity contribution < 1.29 is 4.92 Å². The standard InChI is InChI=1S/C11H10Cl2N4O2S2/c1-5(14-2)10-16-9(17(18)19)11(21-10)20-8-6(12)3-15-4-7(8)13/h3-5,14H,1-2H3. The molecule has 2 heterocycles. The normalized spacial score (nSPS) is 12.4. The number of pyridine rings is 1. The molecular weight excluding hydrogens is 355 g/mol. The number of nitrogens with zero attached hydrogens (tertiary/aromatic N) is 3. The highest BCUT2D eigenvalue weighted by Crippen LogP contribution is 2.45. The van der Waals surface area contributed by atoms with Gasteiger partial charge in [0.05, 0.1) is 21.0 Å². The Labute approximate surface area is 139 Å². The highest BCUT2D eigenvalue weighted by atomic mass is 35.5. The van der Waals surface area contributed by atoms with Gasteiger partial charge in [-0.2, -0.15) is 0 Å². The van der Waals surface area contributed by atoms with Gasteiger partial charge in [-0.1, -0.05) is 46.3 Å². The summed E-state index contributed by atoms with van der Waals surface area (Å²) < 4.78 is 0.437. The molecule has 0 saturated carbocycles. The summed E-state index contributed by atoms with van der Waals surface area (Å²) in [7, 11) is 1.77. The number of nitro groups is 1. The number of aromatic nitrogens is 2. The lowest BCUT2D eigenvalue weighted by molar-refractivity contribution is -0.391. The maximum absolute atomic E-state index is 11.1. The largest absolute Gasteiger partial charge is 0.389 e. The fourth-order valence-electron chi connectivity index (χ4n) is 1.39. The van der Waals surface area contributed by atoms with Crippen LogP contribution >= 0.6 is 46.3 Å². The Morgan fingerprint density at radius 3 is 2.57 bits per heavy atom. The molecule has 0 fully saturated rings. The fourth-order valence-corrected chi connectivity index (χ4v) is 4.19. The molecule has 1 N–H and O–H groups in total. The Morgan fingerprint density at radius 1 is 1.43 bits per heavy atom. The Bertz CT molecular complexity index is 660. The molecule has 0 aliphatic carbocycles. The van der Waals surface area contributed by atoms with Crippen molar-refractivity contribution in [1.29, 1.82) is 0 Å². The fraction of sp³-hybridized carbons (Fsp3) is 0.273. The van der Waals surface area contributed by atoms with Gasteiger partial charge in [0.2, 0.25) is 5.01 Å². The Balaban J connectivity index is 2.43. The van der Waals surface area contributed by atoms with Gasteiger partial charge in [0.1, 0.15) is 0 Å². The van der Waals surface area contributed by atoms with Crippen LogP contribution in [0.5, 0.6) is 0 Å². The van der Waals surface area contributed by atoms with E-state index in [1.165, 1.54) is 23.7 Å². The van der Waals surface area contributed by atoms with Crippen molar-refractivity contribution in [3.8, 4) is 0 Å². The first-order valence-electron chi connectivity index (χ1n) is 5.73. The van der Waals surface area contributed by atoms with Gasteiger partial charge in [-0.15, -0.1) is 0 Å². The molecule has 0 aliphatic heterocycles. The zero-order valence-electron chi connectivity index (χ0n) is 11.0. The van der Waals surface area contributed by atoms with Crippen molar-refractivity contribution >= 4 is 52.1 Å². The number of hydrogen-bond acceptors (Lipinski definition) is 7. The first-order chi connectivity index (χ1) is 9.93. The van der Waals surface area contributed by atoms with Crippen LogP contribution in [0.2, 0.25) is 10.0 Å². The van der Waals surface area contributed by atoms with Crippen LogP contribution in [0.25, 0.3) is 0 Å². The van der Waals surface area contributed by atoms with Gasteiger partial charge < -0.3 is 15.4 Å². The van der Waals surface area contributed by atoms with Gasteiger partial charge in [-0.25, -0.2) is 0 Å². The second kappa shape index (κ2) is 6.89. The molecule has 21 heavy (non-hydrogen) atoms. The van der Waals surface area contributed by atoms with Gasteiger partial charge in [-0.05, 0) is 23.9 Å². The van der Waals surface area contributed by atoms with Crippen LogP contribution in [-0.4, -0.2) is 21.9 Å². The van der Waals surface area contributed by atoms with E-state index in [1.54, 1.807) is 7.05 Å². The average Bonchev–Trinajstić information content (AvgIpc) is 2.86. The quantitative estimate of drug-likeness (QED) is 0.632. The third-order valence-corrected chi connectivity index (χ3v) is 5.91. The predicted octanol–water partition coefficient (Wildman–Crippen LogP) is 4.18. The van der Waals surface area contributed by atoms with E-state index < -0.39 is 4.92 Å². The summed E-state index contributed by atoms with van der Waals surface area (Å²) in [5, 5.41) is 15.5. The van der Waals surface area contributed by atoms with E-state index in [4.69, 9.17) is 23.2 Å². The van der Waals surface area contributed by atoms with Gasteiger partial charge in [0.25, 0.3) is 0 Å². The molecular formula is C11H10Cl2N4O2S2. The maximum atomic E-state index is 11.1. The average molecular weight is 365 g/mol. The third kappa shape index (κ3) is 3.64. The van der Waals surface area contributed by atoms with Crippen LogP contribution in [0.3, 0.4) is 0 Å². The molecule has 2 aromatic rings. The van der Waals surface area contributed by atoms with E-state index in [0.29, 0.717) is 24.2 Å². The molecule has 0 saturated heterocycles. The summed E-state index contributed by atoms with van der Waals surface area (Å²) in [6.45, 7) is 1.88. The smallest absolute Gasteiger partial charge is 0.358 e. The van der Waals surface area contributed by atoms with Crippen molar-refractivity contribution in [3.05, 3.63) is 37.6 Å². The zero-order chi connectivity index (χ0) is 15.6. The van der Waals surface area contributed by atoms with Crippen molar-refractivity contribution in [2.75, 3.05) is 7.05 Å². The lowest BCUT2D eigenvalue weighted by atomic mass is 10.4. The van der Waals surface area contributed by atoms with Crippen molar-refractivity contribution in [1.82, 2.24) is 15.3 Å². The SMILES string of the molecule is CNC(C)c1nc([N+](=O)[O-])c(Sc2c(Cl)cncc2Cl)s1. The molecule has 0 aromatic carbocycles. The maximum Gasteiger partial charge on any atom is 0.389 e. The number of rotatable bonds is 5. The molecule has 1 atom stereocenters. The summed E-state index contributed by atoms with van der Waals surface area (Å²) in [5.41, 5.74) is 0. The summed E-state index contributed by atoms with van der Waals surface area (Å²) in [4.78, 5) is 19.1. The van der Waals surface area contributed by atoms with Gasteiger partial charge in [0.15, 0.2) is 4.21 Å². The summed E-state index contributed by atoms with van der Waals surface area (Å²) in [6.07, 6.45) is 2.89. The molecule has 2 aromatic heterocycles. The number of halogens is 2. The number of thiazole rings is 1.